The molecule has 1 aromatic carbocycles. The Morgan fingerprint density at radius 2 is 1.76 bits per heavy atom. The number of rotatable bonds is 10. The summed E-state index contributed by atoms with van der Waals surface area (Å²) in [6, 6.07) is 9.57. The molecule has 0 radical (unpaired) electrons. The molecule has 0 aliphatic carbocycles. The fourth-order valence-corrected chi connectivity index (χ4v) is 9.05. The first-order chi connectivity index (χ1) is 17.6. The van der Waals surface area contributed by atoms with Crippen molar-refractivity contribution in [1.82, 2.24) is 9.57 Å². The van der Waals surface area contributed by atoms with Crippen LogP contribution in [0, 0.1) is 11.3 Å². The molecule has 0 bridgehead atoms. The van der Waals surface area contributed by atoms with Crippen LogP contribution in [0.2, 0.25) is 0 Å². The Hall–Kier alpha value is -2.62. The Labute approximate surface area is 220 Å². The minimum Gasteiger partial charge on any atom is -0.422 e. The third-order valence-electron chi connectivity index (χ3n) is 7.59. The second kappa shape index (κ2) is 12.3. The molecule has 0 unspecified atom stereocenters. The van der Waals surface area contributed by atoms with E-state index in [4.69, 9.17) is 4.42 Å². The third-order valence-corrected chi connectivity index (χ3v) is 11.9. The molecule has 2 heterocycles. The average Bonchev–Trinajstić information content (AvgIpc) is 2.88. The van der Waals surface area contributed by atoms with Crippen molar-refractivity contribution in [3.8, 4) is 6.07 Å². The minimum atomic E-state index is -2.71. The lowest BCUT2D eigenvalue weighted by Crippen LogP contribution is -2.48. The van der Waals surface area contributed by atoms with E-state index >= 15 is 0 Å². The molecule has 0 N–H and O–H groups in total. The molecule has 1 aliphatic heterocycles. The number of carbonyl (C=O) groups is 1. The van der Waals surface area contributed by atoms with Crippen LogP contribution in [0.25, 0.3) is 11.0 Å². The topological polar surface area (TPSA) is 97.9 Å². The zero-order valence-electron chi connectivity index (χ0n) is 23.1. The van der Waals surface area contributed by atoms with Crippen LogP contribution >= 0.6 is 7.29 Å². The SMILES string of the molecule is CCN(CC)c1ccc2cc(C(=O)N3CCC(N(CCC#N)P(=O)(C(C)C)C(C)C)CC3)c(=O)oc2c1. The lowest BCUT2D eigenvalue weighted by Gasteiger charge is -2.45. The monoisotopic (exact) mass is 528 g/mol. The fourth-order valence-electron chi connectivity index (χ4n) is 5.52. The molecule has 0 spiro atoms. The highest BCUT2D eigenvalue weighted by molar-refractivity contribution is 7.62. The number of likely N-dealkylation sites (tertiary alicyclic amines) is 1. The van der Waals surface area contributed by atoms with Crippen molar-refractivity contribution in [1.29, 1.82) is 5.26 Å². The van der Waals surface area contributed by atoms with Crippen LogP contribution in [0.4, 0.5) is 5.69 Å². The number of hydrogen-bond donors (Lipinski definition) is 0. The highest BCUT2D eigenvalue weighted by Crippen LogP contribution is 2.59. The predicted octanol–water partition coefficient (Wildman–Crippen LogP) is 5.55. The first kappa shape index (κ1) is 28.9. The Bertz CT molecular complexity index is 1220. The van der Waals surface area contributed by atoms with Crippen molar-refractivity contribution < 1.29 is 13.8 Å². The first-order valence-corrected chi connectivity index (χ1v) is 15.2. The number of benzene rings is 1. The number of nitrogens with zero attached hydrogens (tertiary/aromatic N) is 4. The summed E-state index contributed by atoms with van der Waals surface area (Å²) in [6.07, 6.45) is 1.61. The molecule has 1 saturated heterocycles. The highest BCUT2D eigenvalue weighted by atomic mass is 31.2. The smallest absolute Gasteiger partial charge is 0.349 e. The summed E-state index contributed by atoms with van der Waals surface area (Å²) in [5.41, 5.74) is 0.818. The summed E-state index contributed by atoms with van der Waals surface area (Å²) < 4.78 is 21.8. The number of anilines is 1. The number of piperidine rings is 1. The lowest BCUT2D eigenvalue weighted by molar-refractivity contribution is 0.0673. The largest absolute Gasteiger partial charge is 0.422 e. The van der Waals surface area contributed by atoms with Gasteiger partial charge in [-0.05, 0) is 44.9 Å². The van der Waals surface area contributed by atoms with Gasteiger partial charge in [0.15, 0.2) is 7.29 Å². The third kappa shape index (κ3) is 5.94. The molecule has 202 valence electrons. The van der Waals surface area contributed by atoms with Gasteiger partial charge in [-0.1, -0.05) is 27.7 Å². The minimum absolute atomic E-state index is 0.0182. The van der Waals surface area contributed by atoms with E-state index in [0.717, 1.165) is 18.8 Å². The van der Waals surface area contributed by atoms with Crippen molar-refractivity contribution in [2.24, 2.45) is 0 Å². The fraction of sp³-hybridized carbons (Fsp3) is 0.607. The van der Waals surface area contributed by atoms with Crippen LogP contribution < -0.4 is 10.5 Å². The maximum Gasteiger partial charge on any atom is 0.349 e. The maximum atomic E-state index is 14.1. The standard InChI is InChI=1S/C28H41N4O4P/c1-7-30(8-2)24-11-10-22-18-25(28(34)36-26(22)19-24)27(33)31-16-12-23(13-17-31)32(15-9-14-29)37(35,20(3)4)21(5)6/h10-11,18-21,23H,7-9,12-13,15-17H2,1-6H3. The molecule has 2 aromatic rings. The average molecular weight is 529 g/mol. The van der Waals surface area contributed by atoms with Gasteiger partial charge in [-0.3, -0.25) is 4.79 Å². The number of carbonyl (C=O) groups excluding carboxylic acids is 1. The van der Waals surface area contributed by atoms with Crippen molar-refractivity contribution in [3.05, 3.63) is 40.2 Å². The first-order valence-electron chi connectivity index (χ1n) is 13.4. The van der Waals surface area contributed by atoms with Crippen LogP contribution in [-0.4, -0.2) is 65.6 Å². The van der Waals surface area contributed by atoms with Gasteiger partial charge in [0.1, 0.15) is 11.1 Å². The molecule has 1 aromatic heterocycles. The number of fused-ring (bicyclic) bond motifs is 1. The van der Waals surface area contributed by atoms with Crippen molar-refractivity contribution in [3.63, 3.8) is 0 Å². The van der Waals surface area contributed by atoms with Crippen molar-refractivity contribution >= 4 is 29.9 Å². The quantitative estimate of drug-likeness (QED) is 0.294. The normalized spacial score (nSPS) is 15.1. The molecule has 1 fully saturated rings. The molecule has 9 heteroatoms. The van der Waals surface area contributed by atoms with E-state index < -0.39 is 12.9 Å². The highest BCUT2D eigenvalue weighted by Gasteiger charge is 2.42. The van der Waals surface area contributed by atoms with Crippen LogP contribution in [0.5, 0.6) is 0 Å². The second-order valence-corrected chi connectivity index (χ2v) is 14.2. The molecular weight excluding hydrogens is 487 g/mol. The molecule has 8 nitrogen and oxygen atoms in total. The van der Waals surface area contributed by atoms with E-state index in [-0.39, 0.29) is 28.8 Å². The van der Waals surface area contributed by atoms with Gasteiger partial charge in [0.2, 0.25) is 0 Å². The Morgan fingerprint density at radius 3 is 2.30 bits per heavy atom. The molecular formula is C28H41N4O4P. The van der Waals surface area contributed by atoms with Crippen LogP contribution in [0.15, 0.2) is 33.5 Å². The Kier molecular flexibility index (Phi) is 9.61. The number of nitriles is 1. The maximum absolute atomic E-state index is 14.1. The van der Waals surface area contributed by atoms with Gasteiger partial charge in [0, 0.05) is 73.6 Å². The molecule has 37 heavy (non-hydrogen) atoms. The summed E-state index contributed by atoms with van der Waals surface area (Å²) in [5, 5.41) is 9.92. The van der Waals surface area contributed by atoms with E-state index in [1.165, 1.54) is 0 Å². The Morgan fingerprint density at radius 1 is 1.14 bits per heavy atom. The summed E-state index contributed by atoms with van der Waals surface area (Å²) in [5.74, 6) is -0.332. The van der Waals surface area contributed by atoms with Gasteiger partial charge >= 0.3 is 5.63 Å². The Balaban J connectivity index is 1.80. The van der Waals surface area contributed by atoms with Gasteiger partial charge < -0.3 is 18.8 Å². The molecule has 3 rings (SSSR count). The molecule has 0 atom stereocenters. The summed E-state index contributed by atoms with van der Waals surface area (Å²) in [7, 11) is -2.71. The zero-order chi connectivity index (χ0) is 27.3. The van der Waals surface area contributed by atoms with E-state index in [1.807, 2.05) is 45.9 Å². The van der Waals surface area contributed by atoms with Gasteiger partial charge in [0.25, 0.3) is 5.91 Å². The summed E-state index contributed by atoms with van der Waals surface area (Å²) in [4.78, 5) is 30.0. The van der Waals surface area contributed by atoms with Gasteiger partial charge in [-0.2, -0.15) is 5.26 Å². The lowest BCUT2D eigenvalue weighted by atomic mass is 10.0. The number of hydrogen-bond acceptors (Lipinski definition) is 6. The molecule has 1 amide bonds. The van der Waals surface area contributed by atoms with Gasteiger partial charge in [-0.25, -0.2) is 9.46 Å². The number of amides is 1. The van der Waals surface area contributed by atoms with Crippen LogP contribution in [0.3, 0.4) is 0 Å². The van der Waals surface area contributed by atoms with E-state index in [1.54, 1.807) is 11.0 Å². The van der Waals surface area contributed by atoms with E-state index in [2.05, 4.69) is 29.5 Å². The van der Waals surface area contributed by atoms with E-state index in [0.29, 0.717) is 49.9 Å². The van der Waals surface area contributed by atoms with Gasteiger partial charge in [0.05, 0.1) is 6.07 Å². The van der Waals surface area contributed by atoms with Crippen molar-refractivity contribution in [2.75, 3.05) is 37.6 Å². The van der Waals surface area contributed by atoms with Crippen molar-refractivity contribution in [2.45, 2.75) is 78.2 Å². The molecule has 1 aliphatic rings. The molecule has 0 saturated carbocycles. The van der Waals surface area contributed by atoms with Crippen LogP contribution in [-0.2, 0) is 4.57 Å². The zero-order valence-corrected chi connectivity index (χ0v) is 24.0. The van der Waals surface area contributed by atoms with Crippen LogP contribution in [0.1, 0.15) is 71.2 Å². The summed E-state index contributed by atoms with van der Waals surface area (Å²) >= 11 is 0. The predicted molar refractivity (Wildman–Crippen MR) is 150 cm³/mol. The second-order valence-electron chi connectivity index (χ2n) is 10.3. The summed E-state index contributed by atoms with van der Waals surface area (Å²) in [6.45, 7) is 15.2. The van der Waals surface area contributed by atoms with Gasteiger partial charge in [-0.15, -0.1) is 0 Å². The van der Waals surface area contributed by atoms with E-state index in [9.17, 15) is 19.4 Å².